The summed E-state index contributed by atoms with van der Waals surface area (Å²) in [6, 6.07) is 0. The number of aromatic nitrogens is 1. The Labute approximate surface area is 75.5 Å². The van der Waals surface area contributed by atoms with E-state index in [-0.39, 0.29) is 6.10 Å². The third-order valence-corrected chi connectivity index (χ3v) is 1.92. The number of hydrogen-bond donors (Lipinski definition) is 0. The molecule has 0 unspecified atom stereocenters. The molecule has 2 heterocycles. The minimum Gasteiger partial charge on any atom is -0.482 e. The van der Waals surface area contributed by atoms with E-state index in [9.17, 15) is 4.39 Å². The van der Waals surface area contributed by atoms with Crippen LogP contribution in [0.4, 0.5) is 4.39 Å². The summed E-state index contributed by atoms with van der Waals surface area (Å²) in [6.07, 6.45) is 2.73. The summed E-state index contributed by atoms with van der Waals surface area (Å²) in [5, 5.41) is 0. The van der Waals surface area contributed by atoms with Gasteiger partial charge in [0, 0.05) is 11.8 Å². The molecule has 1 aliphatic rings. The second kappa shape index (κ2) is 3.30. The second-order valence-electron chi connectivity index (χ2n) is 3.04. The molecule has 1 aromatic rings. The molecule has 1 aliphatic heterocycles. The van der Waals surface area contributed by atoms with Crippen molar-refractivity contribution < 1.29 is 13.9 Å². The van der Waals surface area contributed by atoms with E-state index < -0.39 is 5.82 Å². The van der Waals surface area contributed by atoms with Crippen LogP contribution < -0.4 is 4.74 Å². The third kappa shape index (κ3) is 1.62. The van der Waals surface area contributed by atoms with Crippen LogP contribution in [0.1, 0.15) is 5.56 Å². The molecule has 0 radical (unpaired) electrons. The first-order valence-electron chi connectivity index (χ1n) is 4.12. The highest BCUT2D eigenvalue weighted by Gasteiger charge is 2.22. The lowest BCUT2D eigenvalue weighted by molar-refractivity contribution is -0.0811. The van der Waals surface area contributed by atoms with E-state index in [1.165, 1.54) is 0 Å². The highest BCUT2D eigenvalue weighted by Crippen LogP contribution is 2.23. The Kier molecular flexibility index (Phi) is 2.14. The maximum atomic E-state index is 13.1. The van der Waals surface area contributed by atoms with Crippen LogP contribution in [-0.4, -0.2) is 24.3 Å². The topological polar surface area (TPSA) is 31.4 Å². The number of nitrogens with zero attached hydrogens (tertiary/aromatic N) is 1. The SMILES string of the molecule is Cc1cncc(F)c1OC1COC1. The number of ether oxygens (including phenoxy) is 2. The predicted molar refractivity (Wildman–Crippen MR) is 44.2 cm³/mol. The lowest BCUT2D eigenvalue weighted by atomic mass is 10.2. The molecule has 0 amide bonds. The number of pyridine rings is 1. The fraction of sp³-hybridized carbons (Fsp3) is 0.444. The zero-order valence-electron chi connectivity index (χ0n) is 7.29. The Bertz CT molecular complexity index is 292. The van der Waals surface area contributed by atoms with Gasteiger partial charge in [-0.3, -0.25) is 4.98 Å². The molecule has 0 N–H and O–H groups in total. The summed E-state index contributed by atoms with van der Waals surface area (Å²) in [5.74, 6) is -0.116. The van der Waals surface area contributed by atoms with Gasteiger partial charge in [-0.05, 0) is 6.92 Å². The molecule has 0 saturated carbocycles. The van der Waals surface area contributed by atoms with Crippen LogP contribution in [-0.2, 0) is 4.74 Å². The molecule has 1 aromatic heterocycles. The lowest BCUT2D eigenvalue weighted by Gasteiger charge is -2.27. The van der Waals surface area contributed by atoms with Gasteiger partial charge in [0.25, 0.3) is 0 Å². The molecule has 0 aromatic carbocycles. The average Bonchev–Trinajstić information content (AvgIpc) is 2.00. The molecular weight excluding hydrogens is 173 g/mol. The average molecular weight is 183 g/mol. The number of rotatable bonds is 2. The van der Waals surface area contributed by atoms with Crippen LogP contribution in [0.3, 0.4) is 0 Å². The summed E-state index contributed by atoms with van der Waals surface area (Å²) < 4.78 is 23.4. The van der Waals surface area contributed by atoms with Crippen LogP contribution in [0.5, 0.6) is 5.75 Å². The minimum atomic E-state index is -0.410. The Morgan fingerprint density at radius 3 is 2.85 bits per heavy atom. The van der Waals surface area contributed by atoms with Gasteiger partial charge in [-0.2, -0.15) is 0 Å². The molecule has 0 spiro atoms. The zero-order chi connectivity index (χ0) is 9.26. The normalized spacial score (nSPS) is 16.8. The maximum absolute atomic E-state index is 13.1. The van der Waals surface area contributed by atoms with Gasteiger partial charge in [0.05, 0.1) is 19.4 Å². The van der Waals surface area contributed by atoms with E-state index in [0.717, 1.165) is 6.20 Å². The molecule has 13 heavy (non-hydrogen) atoms. The summed E-state index contributed by atoms with van der Waals surface area (Å²) in [5.41, 5.74) is 0.715. The fourth-order valence-electron chi connectivity index (χ4n) is 1.12. The van der Waals surface area contributed by atoms with Crippen molar-refractivity contribution in [2.75, 3.05) is 13.2 Å². The Hall–Kier alpha value is -1.16. The molecule has 4 heteroatoms. The van der Waals surface area contributed by atoms with Gasteiger partial charge in [-0.25, -0.2) is 4.39 Å². The molecule has 1 saturated heterocycles. The minimum absolute atomic E-state index is 0.00407. The number of halogens is 1. The summed E-state index contributed by atoms with van der Waals surface area (Å²) in [4.78, 5) is 3.71. The van der Waals surface area contributed by atoms with E-state index in [2.05, 4.69) is 4.98 Å². The third-order valence-electron chi connectivity index (χ3n) is 1.92. The molecule has 2 rings (SSSR count). The van der Waals surface area contributed by atoms with E-state index in [4.69, 9.17) is 9.47 Å². The van der Waals surface area contributed by atoms with Crippen LogP contribution in [0.2, 0.25) is 0 Å². The number of aryl methyl sites for hydroxylation is 1. The van der Waals surface area contributed by atoms with Gasteiger partial charge >= 0.3 is 0 Å². The Morgan fingerprint density at radius 1 is 1.54 bits per heavy atom. The fourth-order valence-corrected chi connectivity index (χ4v) is 1.12. The Morgan fingerprint density at radius 2 is 2.31 bits per heavy atom. The van der Waals surface area contributed by atoms with Gasteiger partial charge in [0.1, 0.15) is 6.10 Å². The highest BCUT2D eigenvalue weighted by atomic mass is 19.1. The van der Waals surface area contributed by atoms with Gasteiger partial charge < -0.3 is 9.47 Å². The molecule has 0 atom stereocenters. The summed E-state index contributed by atoms with van der Waals surface area (Å²) >= 11 is 0. The van der Waals surface area contributed by atoms with Gasteiger partial charge in [-0.1, -0.05) is 0 Å². The molecule has 1 fully saturated rings. The van der Waals surface area contributed by atoms with Gasteiger partial charge in [0.15, 0.2) is 11.6 Å². The first-order chi connectivity index (χ1) is 6.27. The predicted octanol–water partition coefficient (Wildman–Crippen LogP) is 1.31. The highest BCUT2D eigenvalue weighted by molar-refractivity contribution is 5.30. The van der Waals surface area contributed by atoms with Crippen LogP contribution in [0, 0.1) is 12.7 Å². The van der Waals surface area contributed by atoms with Crippen molar-refractivity contribution in [3.63, 3.8) is 0 Å². The molecular formula is C9H10FNO2. The largest absolute Gasteiger partial charge is 0.482 e. The molecule has 0 aliphatic carbocycles. The first kappa shape index (κ1) is 8.44. The smallest absolute Gasteiger partial charge is 0.183 e. The second-order valence-corrected chi connectivity index (χ2v) is 3.04. The molecule has 70 valence electrons. The van der Waals surface area contributed by atoms with Crippen molar-refractivity contribution in [1.82, 2.24) is 4.98 Å². The van der Waals surface area contributed by atoms with Crippen molar-refractivity contribution in [3.05, 3.63) is 23.8 Å². The van der Waals surface area contributed by atoms with Crippen molar-refractivity contribution in [3.8, 4) is 5.75 Å². The van der Waals surface area contributed by atoms with Crippen LogP contribution in [0.15, 0.2) is 12.4 Å². The van der Waals surface area contributed by atoms with Crippen molar-refractivity contribution in [2.24, 2.45) is 0 Å². The van der Waals surface area contributed by atoms with Crippen molar-refractivity contribution in [1.29, 1.82) is 0 Å². The maximum Gasteiger partial charge on any atom is 0.183 e. The monoisotopic (exact) mass is 183 g/mol. The first-order valence-corrected chi connectivity index (χ1v) is 4.12. The molecule has 0 bridgehead atoms. The quantitative estimate of drug-likeness (QED) is 0.692. The summed E-state index contributed by atoms with van der Waals surface area (Å²) in [6.45, 7) is 2.85. The Balaban J connectivity index is 2.17. The van der Waals surface area contributed by atoms with Crippen LogP contribution in [0.25, 0.3) is 0 Å². The lowest BCUT2D eigenvalue weighted by Crippen LogP contribution is -2.38. The van der Waals surface area contributed by atoms with Crippen molar-refractivity contribution in [2.45, 2.75) is 13.0 Å². The van der Waals surface area contributed by atoms with Gasteiger partial charge in [-0.15, -0.1) is 0 Å². The van der Waals surface area contributed by atoms with E-state index in [1.807, 2.05) is 0 Å². The van der Waals surface area contributed by atoms with Gasteiger partial charge in [0.2, 0.25) is 0 Å². The van der Waals surface area contributed by atoms with Crippen LogP contribution >= 0.6 is 0 Å². The van der Waals surface area contributed by atoms with E-state index in [0.29, 0.717) is 24.5 Å². The van der Waals surface area contributed by atoms with E-state index >= 15 is 0 Å². The molecule has 3 nitrogen and oxygen atoms in total. The summed E-state index contributed by atoms with van der Waals surface area (Å²) in [7, 11) is 0. The van der Waals surface area contributed by atoms with E-state index in [1.54, 1.807) is 13.1 Å². The zero-order valence-corrected chi connectivity index (χ0v) is 7.29. The number of hydrogen-bond acceptors (Lipinski definition) is 3. The standard InChI is InChI=1S/C9H10FNO2/c1-6-2-11-3-8(10)9(6)13-7-4-12-5-7/h2-3,7H,4-5H2,1H3. The van der Waals surface area contributed by atoms with Crippen molar-refractivity contribution >= 4 is 0 Å².